The van der Waals surface area contributed by atoms with Crippen LogP contribution in [0.2, 0.25) is 0 Å². The predicted molar refractivity (Wildman–Crippen MR) is 359 cm³/mol. The number of aliphatic carboxylic acids is 1. The summed E-state index contributed by atoms with van der Waals surface area (Å²) in [6.07, 6.45) is -0.407. The maximum atomic E-state index is 14.1. The van der Waals surface area contributed by atoms with Gasteiger partial charge in [0.15, 0.2) is 0 Å². The van der Waals surface area contributed by atoms with E-state index < -0.39 is 71.6 Å². The Hall–Kier alpha value is -10.9. The molecule has 0 saturated carbocycles. The molecule has 9 rings (SSSR count). The second-order valence-corrected chi connectivity index (χ2v) is 22.6. The highest BCUT2D eigenvalue weighted by Gasteiger charge is 2.38. The molecule has 9 aromatic rings. The molecule has 494 valence electrons. The average molecular weight is 1300 g/mol. The van der Waals surface area contributed by atoms with E-state index in [1.165, 1.54) is 18.2 Å². The van der Waals surface area contributed by atoms with Crippen molar-refractivity contribution in [2.45, 2.75) is 88.0 Å². The fourth-order valence-electron chi connectivity index (χ4n) is 10.9. The number of phenolic OH excluding ortho intramolecular Hbond substituents is 3. The summed E-state index contributed by atoms with van der Waals surface area (Å²) in [6.45, 7) is 1.25. The molecule has 20 nitrogen and oxygen atoms in total. The number of halogens is 3. The topological polar surface area (TPSA) is 351 Å². The van der Waals surface area contributed by atoms with Gasteiger partial charge in [-0.1, -0.05) is 72.8 Å². The molecule has 0 heterocycles. The minimum Gasteiger partial charge on any atom is -0.508 e. The van der Waals surface area contributed by atoms with E-state index in [0.29, 0.717) is 143 Å². The number of carbonyl (C=O) groups excluding carboxylic acids is 6. The lowest BCUT2D eigenvalue weighted by molar-refractivity contribution is -0.192. The number of unbranched alkanes of at least 4 members (excludes halogenated alkanes) is 3. The van der Waals surface area contributed by atoms with Crippen LogP contribution in [0.3, 0.4) is 0 Å². The van der Waals surface area contributed by atoms with Gasteiger partial charge >= 0.3 is 12.1 Å². The summed E-state index contributed by atoms with van der Waals surface area (Å²) >= 11 is 0. The number of carbonyl (C=O) groups is 7. The zero-order valence-corrected chi connectivity index (χ0v) is 51.6. The largest absolute Gasteiger partial charge is 0.508 e. The number of amides is 6. The highest BCUT2D eigenvalue weighted by Crippen LogP contribution is 2.35. The van der Waals surface area contributed by atoms with Crippen LogP contribution in [0.5, 0.6) is 17.2 Å². The molecule has 9 aromatic carbocycles. The van der Waals surface area contributed by atoms with Crippen LogP contribution < -0.4 is 49.1 Å². The first-order valence-electron chi connectivity index (χ1n) is 30.8. The Bertz CT molecular complexity index is 3790. The van der Waals surface area contributed by atoms with Gasteiger partial charge < -0.3 is 69.5 Å². The number of carboxylic acids is 1. The van der Waals surface area contributed by atoms with E-state index in [4.69, 9.17) is 27.1 Å². The maximum absolute atomic E-state index is 14.1. The number of carboxylic acid groups (broad SMARTS) is 1. The first-order valence-corrected chi connectivity index (χ1v) is 30.8. The third-order valence-electron chi connectivity index (χ3n) is 15.8. The highest BCUT2D eigenvalue weighted by molar-refractivity contribution is 6.11. The standard InChI is InChI=1S/C70H73N9O9.C2HF3O2/c71-37-4-1-16-61(77-65(83)58-13-7-10-46-40-52(80)31-34-55(46)58)68(86)74-49-25-19-43(20-26-49)64(44-21-27-50(28-22-44)75-69(87)62(17-2-5-38-72)78-66(84)59-14-8-11-47-41-53(81)32-35-56(47)59)45-23-29-51(30-24-45)76-70(88)63(18-3-6-39-73)79-67(85)60-15-9-12-48-42-54(82)33-36-57(48)60;3-2(4,5)1(6)7/h7-15,19-36,40-42,61-64,80-82H,1-6,16-18,37-39,71-73H2,(H,74,86)(H,75,87)(H,76,88)(H,77,83)(H,78,84)(H,79,85);(H,6,7)/t61-,62-,63-;/m0./s1. The molecule has 0 aromatic heterocycles. The van der Waals surface area contributed by atoms with E-state index in [1.807, 2.05) is 36.4 Å². The van der Waals surface area contributed by atoms with Gasteiger partial charge in [0.1, 0.15) is 35.4 Å². The van der Waals surface area contributed by atoms with Crippen molar-refractivity contribution in [1.82, 2.24) is 16.0 Å². The van der Waals surface area contributed by atoms with E-state index in [2.05, 4.69) is 31.9 Å². The summed E-state index contributed by atoms with van der Waals surface area (Å²) < 4.78 is 31.7. The number of anilines is 3. The van der Waals surface area contributed by atoms with Crippen molar-refractivity contribution in [3.8, 4) is 17.2 Å². The summed E-state index contributed by atoms with van der Waals surface area (Å²) in [5, 5.41) is 59.0. The molecule has 3 atom stereocenters. The zero-order valence-electron chi connectivity index (χ0n) is 51.6. The molecular formula is C72H74F3N9O11. The van der Waals surface area contributed by atoms with Crippen molar-refractivity contribution in [2.24, 2.45) is 17.2 Å². The van der Waals surface area contributed by atoms with E-state index in [9.17, 15) is 57.3 Å². The number of phenols is 3. The second-order valence-electron chi connectivity index (χ2n) is 22.6. The van der Waals surface area contributed by atoms with Gasteiger partial charge in [0.2, 0.25) is 17.7 Å². The van der Waals surface area contributed by atoms with Crippen LogP contribution in [0, 0.1) is 0 Å². The lowest BCUT2D eigenvalue weighted by Gasteiger charge is -2.22. The molecule has 95 heavy (non-hydrogen) atoms. The van der Waals surface area contributed by atoms with Gasteiger partial charge in [-0.3, -0.25) is 28.8 Å². The van der Waals surface area contributed by atoms with E-state index >= 15 is 0 Å². The monoisotopic (exact) mass is 1300 g/mol. The number of aromatic hydroxyl groups is 3. The minimum absolute atomic E-state index is 0.0663. The highest BCUT2D eigenvalue weighted by atomic mass is 19.4. The normalized spacial score (nSPS) is 12.2. The van der Waals surface area contributed by atoms with Crippen LogP contribution in [0.4, 0.5) is 30.2 Å². The van der Waals surface area contributed by atoms with Crippen LogP contribution >= 0.6 is 0 Å². The molecule has 0 fully saturated rings. The molecule has 0 aliphatic heterocycles. The number of benzene rings is 9. The minimum atomic E-state index is -5.08. The molecular weight excluding hydrogens is 1220 g/mol. The van der Waals surface area contributed by atoms with E-state index in [0.717, 1.165) is 16.7 Å². The van der Waals surface area contributed by atoms with Crippen molar-refractivity contribution in [3.63, 3.8) is 0 Å². The molecule has 0 unspecified atom stereocenters. The van der Waals surface area contributed by atoms with E-state index in [1.54, 1.807) is 127 Å². The summed E-state index contributed by atoms with van der Waals surface area (Å²) in [5.74, 6) is -5.59. The number of hydrogen-bond acceptors (Lipinski definition) is 13. The van der Waals surface area contributed by atoms with Crippen molar-refractivity contribution >= 4 is 90.8 Å². The number of nitrogens with two attached hydrogens (primary N) is 3. The van der Waals surface area contributed by atoms with Crippen molar-refractivity contribution in [1.29, 1.82) is 0 Å². The number of alkyl halides is 3. The Balaban J connectivity index is 0.00000156. The summed E-state index contributed by atoms with van der Waals surface area (Å²) in [4.78, 5) is 92.7. The fraction of sp³-hybridized carbons (Fsp3) is 0.236. The van der Waals surface area contributed by atoms with Crippen LogP contribution in [0.1, 0.15) is 111 Å². The lowest BCUT2D eigenvalue weighted by Crippen LogP contribution is -2.44. The van der Waals surface area contributed by atoms with E-state index in [-0.39, 0.29) is 17.2 Å². The first kappa shape index (κ1) is 70.0. The number of fused-ring (bicyclic) bond motifs is 3. The van der Waals surface area contributed by atoms with Crippen LogP contribution in [0.25, 0.3) is 32.3 Å². The molecule has 0 bridgehead atoms. The van der Waals surface area contributed by atoms with Gasteiger partial charge in [-0.25, -0.2) is 4.79 Å². The predicted octanol–water partition coefficient (Wildman–Crippen LogP) is 10.7. The van der Waals surface area contributed by atoms with Gasteiger partial charge in [-0.05, 0) is 236 Å². The van der Waals surface area contributed by atoms with Crippen molar-refractivity contribution in [2.75, 3.05) is 35.6 Å². The number of nitrogens with one attached hydrogen (secondary N) is 6. The average Bonchev–Trinajstić information content (AvgIpc) is 0.834. The van der Waals surface area contributed by atoms with Gasteiger partial charge in [-0.15, -0.1) is 0 Å². The quantitative estimate of drug-likeness (QED) is 0.0168. The Labute approximate surface area is 545 Å². The molecule has 0 saturated heterocycles. The van der Waals surface area contributed by atoms with Gasteiger partial charge in [0.25, 0.3) is 17.7 Å². The first-order chi connectivity index (χ1) is 45.6. The molecule has 0 radical (unpaired) electrons. The molecule has 0 aliphatic rings. The van der Waals surface area contributed by atoms with Crippen LogP contribution in [0.15, 0.2) is 182 Å². The lowest BCUT2D eigenvalue weighted by atomic mass is 9.85. The SMILES string of the molecule is NCCCC[C@H](NC(=O)c1cccc2cc(O)ccc12)C(=O)Nc1ccc(C(c2ccc(NC(=O)[C@H](CCCCN)NC(=O)c3cccc4cc(O)ccc34)cc2)c2ccc(NC(=O)[C@H](CCCCN)NC(=O)c3cccc4cc(O)ccc34)cc2)cc1.O=C(O)C(F)(F)F. The Morgan fingerprint density at radius 1 is 0.379 bits per heavy atom. The third-order valence-corrected chi connectivity index (χ3v) is 15.8. The Morgan fingerprint density at radius 2 is 0.642 bits per heavy atom. The Morgan fingerprint density at radius 3 is 0.884 bits per heavy atom. The number of rotatable bonds is 27. The molecule has 0 spiro atoms. The van der Waals surface area contributed by atoms with Crippen molar-refractivity contribution < 1.29 is 67.2 Å². The maximum Gasteiger partial charge on any atom is 0.490 e. The second kappa shape index (κ2) is 33.1. The third kappa shape index (κ3) is 19.1. The van der Waals surface area contributed by atoms with Crippen LogP contribution in [-0.2, 0) is 19.2 Å². The van der Waals surface area contributed by atoms with Gasteiger partial charge in [0, 0.05) is 39.7 Å². The summed E-state index contributed by atoms with van der Waals surface area (Å²) in [7, 11) is 0. The fourth-order valence-corrected chi connectivity index (χ4v) is 10.9. The number of hydrogen-bond donors (Lipinski definition) is 13. The van der Waals surface area contributed by atoms with Crippen LogP contribution in [-0.4, -0.2) is 106 Å². The molecule has 6 amide bonds. The summed E-state index contributed by atoms with van der Waals surface area (Å²) in [5.41, 5.74) is 22.4. The smallest absolute Gasteiger partial charge is 0.490 e. The molecule has 0 aliphatic carbocycles. The molecule has 16 N–H and O–H groups in total. The van der Waals surface area contributed by atoms with Gasteiger partial charge in [-0.2, -0.15) is 13.2 Å². The summed E-state index contributed by atoms with van der Waals surface area (Å²) in [6, 6.07) is 49.1. The van der Waals surface area contributed by atoms with Gasteiger partial charge in [0.05, 0.1) is 0 Å². The van der Waals surface area contributed by atoms with Crippen molar-refractivity contribution in [3.05, 3.63) is 215 Å². The Kier molecular flexibility index (Phi) is 24.4. The zero-order chi connectivity index (χ0) is 68.2. The molecule has 23 heteroatoms.